The number of carbonyl (C=O) groups is 2. The van der Waals surface area contributed by atoms with Gasteiger partial charge in [0.1, 0.15) is 18.1 Å². The zero-order chi connectivity index (χ0) is 22.5. The molecule has 9 heteroatoms. The number of amides is 2. The van der Waals surface area contributed by atoms with E-state index < -0.39 is 0 Å². The van der Waals surface area contributed by atoms with Crippen LogP contribution in [-0.2, 0) is 11.4 Å². The number of hydrogen-bond acceptors (Lipinski definition) is 5. The number of nitrogens with one attached hydrogen (secondary N) is 1. The zero-order valence-electron chi connectivity index (χ0n) is 17.2. The monoisotopic (exact) mass is 461 g/mol. The normalized spacial score (nSPS) is 10.6. The van der Waals surface area contributed by atoms with Crippen molar-refractivity contribution in [1.82, 2.24) is 10.1 Å². The first-order valence-corrected chi connectivity index (χ1v) is 10.1. The molecular formula is C22H21Cl2N3O4. The number of aryl methyl sites for hydroxylation is 2. The summed E-state index contributed by atoms with van der Waals surface area (Å²) in [6.45, 7) is 3.88. The number of nitrogens with zero attached hydrogens (tertiary/aromatic N) is 2. The van der Waals surface area contributed by atoms with Crippen molar-refractivity contribution >= 4 is 40.7 Å². The van der Waals surface area contributed by atoms with E-state index in [1.54, 1.807) is 49.5 Å². The van der Waals surface area contributed by atoms with Gasteiger partial charge < -0.3 is 19.5 Å². The second-order valence-corrected chi connectivity index (χ2v) is 7.77. The van der Waals surface area contributed by atoms with E-state index in [9.17, 15) is 9.59 Å². The number of rotatable bonds is 7. The smallest absolute Gasteiger partial charge is 0.254 e. The van der Waals surface area contributed by atoms with E-state index in [0.717, 1.165) is 11.3 Å². The molecule has 0 bridgehead atoms. The number of likely N-dealkylation sites (N-methyl/N-ethyl adjacent to an activating group) is 1. The molecule has 0 aliphatic heterocycles. The Morgan fingerprint density at radius 3 is 2.42 bits per heavy atom. The van der Waals surface area contributed by atoms with Crippen LogP contribution in [0.5, 0.6) is 5.75 Å². The van der Waals surface area contributed by atoms with Crippen molar-refractivity contribution in [2.75, 3.05) is 18.9 Å². The lowest BCUT2D eigenvalue weighted by atomic mass is 10.2. The van der Waals surface area contributed by atoms with Crippen LogP contribution in [0.2, 0.25) is 10.0 Å². The summed E-state index contributed by atoms with van der Waals surface area (Å²) in [5, 5.41) is 7.31. The minimum absolute atomic E-state index is 0.122. The first-order valence-electron chi connectivity index (χ1n) is 9.39. The number of anilines is 1. The minimum Gasteiger partial charge on any atom is -0.489 e. The number of halogens is 2. The first kappa shape index (κ1) is 22.7. The molecule has 162 valence electrons. The lowest BCUT2D eigenvalue weighted by Gasteiger charge is -2.17. The maximum atomic E-state index is 12.6. The average Bonchev–Trinajstić information content (AvgIpc) is 3.06. The molecule has 31 heavy (non-hydrogen) atoms. The van der Waals surface area contributed by atoms with E-state index in [1.165, 1.54) is 4.90 Å². The van der Waals surface area contributed by atoms with E-state index in [1.807, 2.05) is 13.8 Å². The number of aromatic nitrogens is 1. The molecule has 0 radical (unpaired) electrons. The van der Waals surface area contributed by atoms with E-state index in [-0.39, 0.29) is 18.4 Å². The number of ether oxygens (including phenoxy) is 1. The van der Waals surface area contributed by atoms with E-state index in [4.69, 9.17) is 32.5 Å². The van der Waals surface area contributed by atoms with Crippen LogP contribution in [0.3, 0.4) is 0 Å². The van der Waals surface area contributed by atoms with Crippen LogP contribution in [0.25, 0.3) is 0 Å². The van der Waals surface area contributed by atoms with Crippen molar-refractivity contribution in [3.05, 3.63) is 75.1 Å². The van der Waals surface area contributed by atoms with Crippen LogP contribution in [0, 0.1) is 13.8 Å². The molecule has 7 nitrogen and oxygen atoms in total. The largest absolute Gasteiger partial charge is 0.489 e. The highest BCUT2D eigenvalue weighted by Gasteiger charge is 2.16. The van der Waals surface area contributed by atoms with Crippen LogP contribution < -0.4 is 10.1 Å². The fourth-order valence-electron chi connectivity index (χ4n) is 2.84. The van der Waals surface area contributed by atoms with Gasteiger partial charge >= 0.3 is 0 Å². The number of hydrogen-bond donors (Lipinski definition) is 1. The lowest BCUT2D eigenvalue weighted by Crippen LogP contribution is -2.34. The van der Waals surface area contributed by atoms with Gasteiger partial charge in [0, 0.05) is 18.3 Å². The van der Waals surface area contributed by atoms with Crippen molar-refractivity contribution in [3.8, 4) is 5.75 Å². The molecule has 2 aromatic carbocycles. The topological polar surface area (TPSA) is 84.7 Å². The molecule has 0 saturated carbocycles. The van der Waals surface area contributed by atoms with Crippen molar-refractivity contribution in [2.24, 2.45) is 0 Å². The first-order chi connectivity index (χ1) is 14.7. The van der Waals surface area contributed by atoms with Gasteiger partial charge in [0.25, 0.3) is 5.91 Å². The Bertz CT molecular complexity index is 1080. The van der Waals surface area contributed by atoms with Crippen molar-refractivity contribution in [1.29, 1.82) is 0 Å². The van der Waals surface area contributed by atoms with Gasteiger partial charge in [-0.25, -0.2) is 0 Å². The van der Waals surface area contributed by atoms with E-state index >= 15 is 0 Å². The maximum Gasteiger partial charge on any atom is 0.254 e. The van der Waals surface area contributed by atoms with Gasteiger partial charge in [-0.3, -0.25) is 9.59 Å². The summed E-state index contributed by atoms with van der Waals surface area (Å²) < 4.78 is 10.9. The second kappa shape index (κ2) is 9.85. The second-order valence-electron chi connectivity index (χ2n) is 6.95. The van der Waals surface area contributed by atoms with Gasteiger partial charge in [-0.05, 0) is 56.3 Å². The summed E-state index contributed by atoms with van der Waals surface area (Å²) in [6.07, 6.45) is 0. The molecule has 3 rings (SSSR count). The van der Waals surface area contributed by atoms with Gasteiger partial charge in [0.05, 0.1) is 27.8 Å². The summed E-state index contributed by atoms with van der Waals surface area (Å²) in [4.78, 5) is 26.2. The quantitative estimate of drug-likeness (QED) is 0.541. The Morgan fingerprint density at radius 1 is 1.10 bits per heavy atom. The molecule has 0 unspecified atom stereocenters. The van der Waals surface area contributed by atoms with Gasteiger partial charge in [-0.2, -0.15) is 0 Å². The predicted octanol–water partition coefficient (Wildman–Crippen LogP) is 4.89. The molecule has 2 amide bonds. The average molecular weight is 462 g/mol. The molecule has 1 N–H and O–H groups in total. The van der Waals surface area contributed by atoms with E-state index in [2.05, 4.69) is 10.5 Å². The standard InChI is InChI=1S/C22H21Cl2N3O4/c1-13-18(14(2)31-26-13)12-30-17-7-4-15(5-8-17)22(29)27(3)11-21(28)25-16-6-9-19(23)20(24)10-16/h4-10H,11-12H2,1-3H3,(H,25,28). The summed E-state index contributed by atoms with van der Waals surface area (Å²) in [5.74, 6) is 0.678. The van der Waals surface area contributed by atoms with Crippen LogP contribution in [-0.4, -0.2) is 35.5 Å². The maximum absolute atomic E-state index is 12.6. The molecule has 1 aromatic heterocycles. The van der Waals surface area contributed by atoms with Crippen LogP contribution in [0.1, 0.15) is 27.4 Å². The molecule has 0 aliphatic carbocycles. The van der Waals surface area contributed by atoms with Crippen molar-refractivity contribution in [2.45, 2.75) is 20.5 Å². The highest BCUT2D eigenvalue weighted by molar-refractivity contribution is 6.42. The fourth-order valence-corrected chi connectivity index (χ4v) is 3.14. The molecule has 0 fully saturated rings. The third-order valence-corrected chi connectivity index (χ3v) is 5.34. The van der Waals surface area contributed by atoms with Crippen molar-refractivity contribution in [3.63, 3.8) is 0 Å². The molecule has 0 saturated heterocycles. The Labute approximate surface area is 189 Å². The summed E-state index contributed by atoms with van der Waals surface area (Å²) >= 11 is 11.8. The van der Waals surface area contributed by atoms with Crippen LogP contribution in [0.4, 0.5) is 5.69 Å². The van der Waals surface area contributed by atoms with Gasteiger partial charge in [-0.15, -0.1) is 0 Å². The molecule has 0 atom stereocenters. The van der Waals surface area contributed by atoms with Crippen LogP contribution in [0.15, 0.2) is 47.0 Å². The third-order valence-electron chi connectivity index (χ3n) is 4.60. The summed E-state index contributed by atoms with van der Waals surface area (Å²) in [6, 6.07) is 11.5. The predicted molar refractivity (Wildman–Crippen MR) is 119 cm³/mol. The highest BCUT2D eigenvalue weighted by atomic mass is 35.5. The number of benzene rings is 2. The lowest BCUT2D eigenvalue weighted by molar-refractivity contribution is -0.116. The molecule has 1 heterocycles. The highest BCUT2D eigenvalue weighted by Crippen LogP contribution is 2.25. The molecule has 0 spiro atoms. The van der Waals surface area contributed by atoms with Crippen molar-refractivity contribution < 1.29 is 18.8 Å². The third kappa shape index (κ3) is 5.77. The minimum atomic E-state index is -0.353. The van der Waals surface area contributed by atoms with Gasteiger partial charge in [0.2, 0.25) is 5.91 Å². The molecule has 0 aliphatic rings. The summed E-state index contributed by atoms with van der Waals surface area (Å²) in [7, 11) is 1.55. The molecule has 3 aromatic rings. The van der Waals surface area contributed by atoms with E-state index in [0.29, 0.717) is 39.4 Å². The SMILES string of the molecule is Cc1noc(C)c1COc1ccc(C(=O)N(C)CC(=O)Nc2ccc(Cl)c(Cl)c2)cc1. The Balaban J connectivity index is 1.55. The fraction of sp³-hybridized carbons (Fsp3) is 0.227. The molecular weight excluding hydrogens is 441 g/mol. The van der Waals surface area contributed by atoms with Gasteiger partial charge in [-0.1, -0.05) is 28.4 Å². The van der Waals surface area contributed by atoms with Crippen LogP contribution >= 0.6 is 23.2 Å². The Kier molecular flexibility index (Phi) is 7.20. The van der Waals surface area contributed by atoms with Gasteiger partial charge in [0.15, 0.2) is 0 Å². The Morgan fingerprint density at radius 2 is 1.81 bits per heavy atom. The summed E-state index contributed by atoms with van der Waals surface area (Å²) in [5.41, 5.74) is 2.62. The number of carbonyl (C=O) groups excluding carboxylic acids is 2. The zero-order valence-corrected chi connectivity index (χ0v) is 18.8. The Hall–Kier alpha value is -3.03.